The van der Waals surface area contributed by atoms with Gasteiger partial charge in [-0.15, -0.1) is 0 Å². The summed E-state index contributed by atoms with van der Waals surface area (Å²) in [4.78, 5) is 33.0. The third-order valence-corrected chi connectivity index (χ3v) is 11.0. The summed E-state index contributed by atoms with van der Waals surface area (Å²) in [6, 6.07) is 10.9. The topological polar surface area (TPSA) is 97.5 Å². The maximum absolute atomic E-state index is 14.4. The Morgan fingerprint density at radius 1 is 1.05 bits per heavy atom. The van der Waals surface area contributed by atoms with E-state index in [1.807, 2.05) is 34.1 Å². The molecule has 0 radical (unpaired) electrons. The number of aromatic nitrogens is 3. The minimum absolute atomic E-state index is 0.0278. The Hall–Kier alpha value is -3.68. The molecule has 44 heavy (non-hydrogen) atoms. The lowest BCUT2D eigenvalue weighted by Gasteiger charge is -2.55. The summed E-state index contributed by atoms with van der Waals surface area (Å²) in [7, 11) is 1.72. The molecule has 0 unspecified atom stereocenters. The fraction of sp³-hybridized carbons (Fsp3) is 0.556. The number of carboxylic acid groups (broad SMARTS) is 1. The van der Waals surface area contributed by atoms with Crippen LogP contribution in [0.15, 0.2) is 48.9 Å². The van der Waals surface area contributed by atoms with Crippen molar-refractivity contribution in [2.75, 3.05) is 18.6 Å². The van der Waals surface area contributed by atoms with Gasteiger partial charge in [-0.3, -0.25) is 19.2 Å². The van der Waals surface area contributed by atoms with Crippen molar-refractivity contribution in [1.82, 2.24) is 14.8 Å². The van der Waals surface area contributed by atoms with Crippen molar-refractivity contribution in [1.29, 1.82) is 0 Å². The molecule has 8 heteroatoms. The first-order valence-corrected chi connectivity index (χ1v) is 16.3. The SMILES string of the molecule is COc1ccc(C23CCC(CN(C(=O)[C@@H]4CCC[C@H](C(=O)O)C4)c4cc(-c5cnn(C(C)C)c5)ccn4)(CC2)CC3)cc1C. The number of fused-ring (bicyclic) bond motifs is 3. The Balaban J connectivity index is 1.28. The lowest BCUT2D eigenvalue weighted by atomic mass is 9.51. The van der Waals surface area contributed by atoms with Gasteiger partial charge in [0.05, 0.1) is 19.2 Å². The number of rotatable bonds is 9. The van der Waals surface area contributed by atoms with Crippen molar-refractivity contribution < 1.29 is 19.4 Å². The second-order valence-corrected chi connectivity index (χ2v) is 14.0. The molecule has 2 aromatic heterocycles. The minimum atomic E-state index is -0.792. The monoisotopic (exact) mass is 598 g/mol. The number of aliphatic carboxylic acids is 1. The number of nitrogens with zero attached hydrogens (tertiary/aromatic N) is 4. The van der Waals surface area contributed by atoms with Crippen LogP contribution in [0.3, 0.4) is 0 Å². The molecule has 0 saturated heterocycles. The molecule has 4 saturated carbocycles. The molecule has 0 aliphatic heterocycles. The molecule has 1 amide bonds. The van der Waals surface area contributed by atoms with Gasteiger partial charge in [0, 0.05) is 36.5 Å². The van der Waals surface area contributed by atoms with Gasteiger partial charge in [-0.05, 0) is 124 Å². The molecule has 7 rings (SSSR count). The van der Waals surface area contributed by atoms with Gasteiger partial charge in [0.25, 0.3) is 0 Å². The standard InChI is InChI=1S/C36H46N4O4/c1-24(2)40-22-29(21-38-40)26-10-17-37-32(20-26)39(33(41)27-6-5-7-28(19-27)34(42)43)23-35-11-14-36(15-12-35,16-13-35)30-8-9-31(44-4)25(3)18-30/h8-10,17-18,20-22,24,27-28H,5-7,11-16,19,23H2,1-4H3,(H,42,43)/t27-,28+,35?,36?/m1/s1. The van der Waals surface area contributed by atoms with E-state index in [0.717, 1.165) is 68.2 Å². The zero-order valence-corrected chi connectivity index (χ0v) is 26.6. The number of carboxylic acids is 1. The molecule has 0 spiro atoms. The molecular formula is C36H46N4O4. The first-order valence-electron chi connectivity index (χ1n) is 16.3. The fourth-order valence-electron chi connectivity index (χ4n) is 8.12. The first kappa shape index (κ1) is 30.4. The van der Waals surface area contributed by atoms with Gasteiger partial charge in [-0.1, -0.05) is 18.6 Å². The average Bonchev–Trinajstić information content (AvgIpc) is 3.56. The van der Waals surface area contributed by atoms with Crippen LogP contribution in [0.2, 0.25) is 0 Å². The number of pyridine rings is 1. The number of benzene rings is 1. The van der Waals surface area contributed by atoms with Gasteiger partial charge in [0.15, 0.2) is 0 Å². The van der Waals surface area contributed by atoms with Crippen LogP contribution in [0.4, 0.5) is 5.82 Å². The van der Waals surface area contributed by atoms with Crippen LogP contribution in [0, 0.1) is 24.2 Å². The summed E-state index contributed by atoms with van der Waals surface area (Å²) in [6.45, 7) is 6.94. The number of hydrogen-bond acceptors (Lipinski definition) is 5. The zero-order valence-electron chi connectivity index (χ0n) is 26.6. The Morgan fingerprint density at radius 2 is 1.77 bits per heavy atom. The lowest BCUT2D eigenvalue weighted by molar-refractivity contribution is -0.143. The summed E-state index contributed by atoms with van der Waals surface area (Å²) in [5.41, 5.74) is 4.77. The predicted octanol–water partition coefficient (Wildman–Crippen LogP) is 7.36. The molecule has 1 N–H and O–H groups in total. The van der Waals surface area contributed by atoms with Crippen molar-refractivity contribution >= 4 is 17.7 Å². The van der Waals surface area contributed by atoms with E-state index < -0.39 is 11.9 Å². The van der Waals surface area contributed by atoms with Crippen molar-refractivity contribution in [3.8, 4) is 16.9 Å². The van der Waals surface area contributed by atoms with E-state index in [1.54, 1.807) is 13.3 Å². The molecule has 4 fully saturated rings. The lowest BCUT2D eigenvalue weighted by Crippen LogP contribution is -2.52. The Labute approximate surface area is 260 Å². The zero-order chi connectivity index (χ0) is 31.1. The van der Waals surface area contributed by atoms with Crippen molar-refractivity contribution in [3.05, 3.63) is 60.0 Å². The average molecular weight is 599 g/mol. The van der Waals surface area contributed by atoms with E-state index in [0.29, 0.717) is 25.2 Å². The van der Waals surface area contributed by atoms with Gasteiger partial charge in [0.2, 0.25) is 5.91 Å². The number of amides is 1. The van der Waals surface area contributed by atoms with E-state index in [4.69, 9.17) is 9.72 Å². The normalized spacial score (nSPS) is 26.5. The quantitative estimate of drug-likeness (QED) is 0.276. The van der Waals surface area contributed by atoms with E-state index in [1.165, 1.54) is 11.1 Å². The Kier molecular flexibility index (Phi) is 8.29. The number of aryl methyl sites for hydroxylation is 1. The molecule has 3 aromatic rings. The molecule has 2 bridgehead atoms. The summed E-state index contributed by atoms with van der Waals surface area (Å²) in [6.07, 6.45) is 14.7. The van der Waals surface area contributed by atoms with Crippen LogP contribution in [0.1, 0.15) is 95.2 Å². The molecule has 8 nitrogen and oxygen atoms in total. The number of carbonyl (C=O) groups is 2. The van der Waals surface area contributed by atoms with E-state index in [-0.39, 0.29) is 28.7 Å². The van der Waals surface area contributed by atoms with Crippen molar-refractivity contribution in [2.24, 2.45) is 17.3 Å². The third kappa shape index (κ3) is 5.75. The highest BCUT2D eigenvalue weighted by Crippen LogP contribution is 2.58. The molecular weight excluding hydrogens is 552 g/mol. The van der Waals surface area contributed by atoms with Gasteiger partial charge in [0.1, 0.15) is 11.6 Å². The van der Waals surface area contributed by atoms with Crippen LogP contribution in [-0.2, 0) is 15.0 Å². The highest BCUT2D eigenvalue weighted by Gasteiger charge is 2.51. The predicted molar refractivity (Wildman–Crippen MR) is 171 cm³/mol. The number of carbonyl (C=O) groups excluding carboxylic acids is 1. The van der Waals surface area contributed by atoms with Crippen molar-refractivity contribution in [3.63, 3.8) is 0 Å². The first-order chi connectivity index (χ1) is 21.1. The Morgan fingerprint density at radius 3 is 2.41 bits per heavy atom. The smallest absolute Gasteiger partial charge is 0.306 e. The van der Waals surface area contributed by atoms with Crippen LogP contribution in [-0.4, -0.2) is 45.4 Å². The molecule has 2 atom stereocenters. The maximum Gasteiger partial charge on any atom is 0.306 e. The highest BCUT2D eigenvalue weighted by atomic mass is 16.5. The molecule has 2 heterocycles. The summed E-state index contributed by atoms with van der Waals surface area (Å²) < 4.78 is 7.46. The highest BCUT2D eigenvalue weighted by molar-refractivity contribution is 5.95. The number of anilines is 1. The van der Waals surface area contributed by atoms with Gasteiger partial charge < -0.3 is 9.84 Å². The van der Waals surface area contributed by atoms with Crippen LogP contribution in [0.5, 0.6) is 5.75 Å². The second-order valence-electron chi connectivity index (χ2n) is 14.0. The van der Waals surface area contributed by atoms with Crippen LogP contribution in [0.25, 0.3) is 11.1 Å². The molecule has 4 aliphatic rings. The maximum atomic E-state index is 14.4. The minimum Gasteiger partial charge on any atom is -0.496 e. The third-order valence-electron chi connectivity index (χ3n) is 11.0. The van der Waals surface area contributed by atoms with E-state index in [9.17, 15) is 14.7 Å². The van der Waals surface area contributed by atoms with E-state index in [2.05, 4.69) is 44.1 Å². The molecule has 234 valence electrons. The second kappa shape index (κ2) is 12.0. The van der Waals surface area contributed by atoms with Gasteiger partial charge in [-0.2, -0.15) is 5.10 Å². The fourth-order valence-corrected chi connectivity index (χ4v) is 8.12. The van der Waals surface area contributed by atoms with Gasteiger partial charge in [-0.25, -0.2) is 4.98 Å². The van der Waals surface area contributed by atoms with Crippen LogP contribution < -0.4 is 9.64 Å². The summed E-state index contributed by atoms with van der Waals surface area (Å²) >= 11 is 0. The summed E-state index contributed by atoms with van der Waals surface area (Å²) in [5.74, 6) is 0.0607. The van der Waals surface area contributed by atoms with Crippen molar-refractivity contribution in [2.45, 2.75) is 96.4 Å². The number of ether oxygens (including phenoxy) is 1. The summed E-state index contributed by atoms with van der Waals surface area (Å²) in [5, 5.41) is 14.3. The molecule has 4 aliphatic carbocycles. The van der Waals surface area contributed by atoms with Crippen LogP contribution >= 0.6 is 0 Å². The number of hydrogen-bond donors (Lipinski definition) is 1. The van der Waals surface area contributed by atoms with E-state index >= 15 is 0 Å². The Bertz CT molecular complexity index is 1500. The number of methoxy groups -OCH3 is 1. The largest absolute Gasteiger partial charge is 0.496 e. The van der Waals surface area contributed by atoms with Gasteiger partial charge >= 0.3 is 5.97 Å². The molecule has 1 aromatic carbocycles.